The van der Waals surface area contributed by atoms with Gasteiger partial charge in [0.2, 0.25) is 5.91 Å². The van der Waals surface area contributed by atoms with E-state index in [2.05, 4.69) is 15.5 Å². The van der Waals surface area contributed by atoms with Gasteiger partial charge in [0.05, 0.1) is 24.2 Å². The standard InChI is InChI=1S/C26H27FN4O3/c1-33-25-10-23-19(8-21(25)27)24(31-13-16-6-7-29-26(32)20(16)14-31)9-22(30-23)15-2-4-17(5-3-15)34-18-11-28-12-18/h2-5,8-10,16,18,20,28H,6-7,11-14H2,1H3,(H,29,32). The third-order valence-corrected chi connectivity index (χ3v) is 7.19. The molecule has 2 unspecified atom stereocenters. The molecule has 0 bridgehead atoms. The number of nitrogens with one attached hydrogen (secondary N) is 2. The molecule has 0 spiro atoms. The summed E-state index contributed by atoms with van der Waals surface area (Å²) in [7, 11) is 1.45. The Bertz CT molecular complexity index is 1250. The minimum absolute atomic E-state index is 0.0408. The number of methoxy groups -OCH3 is 1. The van der Waals surface area contributed by atoms with Gasteiger partial charge in [-0.25, -0.2) is 9.37 Å². The molecule has 0 aliphatic carbocycles. The molecule has 2 aromatic carbocycles. The van der Waals surface area contributed by atoms with E-state index in [0.29, 0.717) is 24.5 Å². The van der Waals surface area contributed by atoms with Crippen LogP contribution in [-0.4, -0.2) is 56.8 Å². The van der Waals surface area contributed by atoms with Crippen LogP contribution in [0.5, 0.6) is 11.5 Å². The quantitative estimate of drug-likeness (QED) is 0.607. The number of hydrogen-bond acceptors (Lipinski definition) is 6. The zero-order valence-electron chi connectivity index (χ0n) is 19.0. The highest BCUT2D eigenvalue weighted by atomic mass is 19.1. The molecule has 8 heteroatoms. The zero-order chi connectivity index (χ0) is 23.2. The van der Waals surface area contributed by atoms with E-state index < -0.39 is 5.82 Å². The normalized spacial score (nSPS) is 22.3. The maximum atomic E-state index is 14.7. The molecule has 3 aliphatic heterocycles. The zero-order valence-corrected chi connectivity index (χ0v) is 19.0. The average Bonchev–Trinajstić information content (AvgIpc) is 3.26. The second-order valence-electron chi connectivity index (χ2n) is 9.30. The minimum Gasteiger partial charge on any atom is -0.494 e. The number of nitrogens with zero attached hydrogens (tertiary/aromatic N) is 2. The highest BCUT2D eigenvalue weighted by Crippen LogP contribution is 2.39. The second-order valence-corrected chi connectivity index (χ2v) is 9.30. The van der Waals surface area contributed by atoms with Crippen LogP contribution in [0, 0.1) is 17.7 Å². The summed E-state index contributed by atoms with van der Waals surface area (Å²) in [6, 6.07) is 13.1. The molecular weight excluding hydrogens is 435 g/mol. The summed E-state index contributed by atoms with van der Waals surface area (Å²) in [5.74, 6) is 0.946. The lowest BCUT2D eigenvalue weighted by atomic mass is 9.89. The van der Waals surface area contributed by atoms with Crippen molar-refractivity contribution in [1.29, 1.82) is 0 Å². The molecule has 1 aromatic heterocycles. The molecule has 0 saturated carbocycles. The first-order valence-electron chi connectivity index (χ1n) is 11.8. The van der Waals surface area contributed by atoms with E-state index in [0.717, 1.165) is 54.1 Å². The summed E-state index contributed by atoms with van der Waals surface area (Å²) in [6.07, 6.45) is 1.18. The van der Waals surface area contributed by atoms with Crippen LogP contribution in [0.3, 0.4) is 0 Å². The SMILES string of the molecule is COc1cc2nc(-c3ccc(OC4CNC4)cc3)cc(N3CC4CCNC(=O)C4C3)c2cc1F. The van der Waals surface area contributed by atoms with Crippen LogP contribution in [0.25, 0.3) is 22.2 Å². The maximum Gasteiger partial charge on any atom is 0.225 e. The number of rotatable bonds is 5. The van der Waals surface area contributed by atoms with E-state index in [1.54, 1.807) is 6.07 Å². The van der Waals surface area contributed by atoms with Crippen LogP contribution >= 0.6 is 0 Å². The fraction of sp³-hybridized carbons (Fsp3) is 0.385. The molecule has 3 aliphatic rings. The monoisotopic (exact) mass is 462 g/mol. The molecule has 6 rings (SSSR count). The summed E-state index contributed by atoms with van der Waals surface area (Å²) < 4.78 is 25.9. The summed E-state index contributed by atoms with van der Waals surface area (Å²) in [5, 5.41) is 6.90. The first kappa shape index (κ1) is 21.2. The van der Waals surface area contributed by atoms with Gasteiger partial charge >= 0.3 is 0 Å². The third kappa shape index (κ3) is 3.72. The van der Waals surface area contributed by atoms with Crippen LogP contribution in [0.1, 0.15) is 6.42 Å². The van der Waals surface area contributed by atoms with Crippen molar-refractivity contribution < 1.29 is 18.7 Å². The number of aromatic nitrogens is 1. The van der Waals surface area contributed by atoms with E-state index in [1.807, 2.05) is 30.3 Å². The van der Waals surface area contributed by atoms with Crippen molar-refractivity contribution >= 4 is 22.5 Å². The smallest absolute Gasteiger partial charge is 0.225 e. The van der Waals surface area contributed by atoms with Gasteiger partial charge in [-0.05, 0) is 48.7 Å². The van der Waals surface area contributed by atoms with Gasteiger partial charge in [-0.2, -0.15) is 0 Å². The van der Waals surface area contributed by atoms with Gasteiger partial charge in [0.25, 0.3) is 0 Å². The highest BCUT2D eigenvalue weighted by Gasteiger charge is 2.40. The Morgan fingerprint density at radius 1 is 1.12 bits per heavy atom. The number of amides is 1. The van der Waals surface area contributed by atoms with Crippen molar-refractivity contribution in [2.75, 3.05) is 44.7 Å². The van der Waals surface area contributed by atoms with Crippen molar-refractivity contribution in [3.05, 3.63) is 48.3 Å². The molecule has 2 atom stereocenters. The minimum atomic E-state index is -0.424. The van der Waals surface area contributed by atoms with Gasteiger partial charge in [-0.3, -0.25) is 4.79 Å². The number of ether oxygens (including phenoxy) is 2. The van der Waals surface area contributed by atoms with Gasteiger partial charge in [0.15, 0.2) is 11.6 Å². The number of carbonyl (C=O) groups excluding carboxylic acids is 1. The molecule has 176 valence electrons. The predicted molar refractivity (Wildman–Crippen MR) is 128 cm³/mol. The van der Waals surface area contributed by atoms with Crippen molar-refractivity contribution in [3.63, 3.8) is 0 Å². The predicted octanol–water partition coefficient (Wildman–Crippen LogP) is 2.97. The van der Waals surface area contributed by atoms with Crippen LogP contribution in [-0.2, 0) is 4.79 Å². The summed E-state index contributed by atoms with van der Waals surface area (Å²) in [5.41, 5.74) is 3.28. The first-order chi connectivity index (χ1) is 16.6. The van der Waals surface area contributed by atoms with Crippen molar-refractivity contribution in [1.82, 2.24) is 15.6 Å². The Hall–Kier alpha value is -3.39. The Kier molecular flexibility index (Phi) is 5.25. The van der Waals surface area contributed by atoms with E-state index in [1.165, 1.54) is 13.2 Å². The van der Waals surface area contributed by atoms with Crippen LogP contribution in [0.4, 0.5) is 10.1 Å². The number of fused-ring (bicyclic) bond motifs is 2. The molecule has 34 heavy (non-hydrogen) atoms. The Morgan fingerprint density at radius 3 is 2.65 bits per heavy atom. The van der Waals surface area contributed by atoms with Gasteiger partial charge in [-0.15, -0.1) is 0 Å². The van der Waals surface area contributed by atoms with E-state index >= 15 is 0 Å². The second kappa shape index (κ2) is 8.43. The Labute approximate surface area is 197 Å². The fourth-order valence-corrected chi connectivity index (χ4v) is 5.19. The number of pyridine rings is 1. The van der Waals surface area contributed by atoms with Crippen molar-refractivity contribution in [2.24, 2.45) is 11.8 Å². The molecule has 4 heterocycles. The number of anilines is 1. The summed E-state index contributed by atoms with van der Waals surface area (Å²) in [4.78, 5) is 19.5. The fourth-order valence-electron chi connectivity index (χ4n) is 5.19. The molecular formula is C26H27FN4O3. The molecule has 0 radical (unpaired) electrons. The average molecular weight is 463 g/mol. The van der Waals surface area contributed by atoms with Gasteiger partial charge in [0.1, 0.15) is 11.9 Å². The van der Waals surface area contributed by atoms with Crippen LogP contribution < -0.4 is 25.0 Å². The third-order valence-electron chi connectivity index (χ3n) is 7.19. The molecule has 7 nitrogen and oxygen atoms in total. The summed E-state index contributed by atoms with van der Waals surface area (Å²) in [6.45, 7) is 3.84. The lowest BCUT2D eigenvalue weighted by molar-refractivity contribution is -0.127. The van der Waals surface area contributed by atoms with E-state index in [9.17, 15) is 9.18 Å². The van der Waals surface area contributed by atoms with E-state index in [4.69, 9.17) is 14.5 Å². The lowest BCUT2D eigenvalue weighted by Crippen LogP contribution is -2.50. The van der Waals surface area contributed by atoms with E-state index in [-0.39, 0.29) is 23.7 Å². The Morgan fingerprint density at radius 2 is 1.94 bits per heavy atom. The number of piperidine rings is 1. The highest BCUT2D eigenvalue weighted by molar-refractivity contribution is 5.96. The molecule has 3 aromatic rings. The molecule has 2 N–H and O–H groups in total. The summed E-state index contributed by atoms with van der Waals surface area (Å²) >= 11 is 0. The van der Waals surface area contributed by atoms with Crippen molar-refractivity contribution in [3.8, 4) is 22.8 Å². The van der Waals surface area contributed by atoms with Crippen LogP contribution in [0.15, 0.2) is 42.5 Å². The molecule has 3 fully saturated rings. The first-order valence-corrected chi connectivity index (χ1v) is 11.8. The molecule has 1 amide bonds. The number of halogens is 1. The maximum absolute atomic E-state index is 14.7. The Balaban J connectivity index is 1.40. The van der Waals surface area contributed by atoms with Crippen LogP contribution in [0.2, 0.25) is 0 Å². The number of benzene rings is 2. The molecule has 3 saturated heterocycles. The van der Waals surface area contributed by atoms with Gasteiger partial charge in [0, 0.05) is 55.4 Å². The van der Waals surface area contributed by atoms with Gasteiger partial charge in [-0.1, -0.05) is 0 Å². The number of carbonyl (C=O) groups is 1. The lowest BCUT2D eigenvalue weighted by Gasteiger charge is -2.27. The van der Waals surface area contributed by atoms with Gasteiger partial charge < -0.3 is 25.0 Å². The topological polar surface area (TPSA) is 75.7 Å². The van der Waals surface area contributed by atoms with Crippen molar-refractivity contribution in [2.45, 2.75) is 12.5 Å². The number of hydrogen-bond donors (Lipinski definition) is 2. The largest absolute Gasteiger partial charge is 0.494 e.